The van der Waals surface area contributed by atoms with Crippen LogP contribution in [0.1, 0.15) is 22.8 Å². The Labute approximate surface area is 122 Å². The second-order valence-corrected chi connectivity index (χ2v) is 5.51. The monoisotopic (exact) mass is 320 g/mol. The highest BCUT2D eigenvalue weighted by atomic mass is 79.9. The van der Waals surface area contributed by atoms with Crippen LogP contribution in [0.2, 0.25) is 0 Å². The smallest absolute Gasteiger partial charge is 0.124 e. The Kier molecular flexibility index (Phi) is 4.61. The molecule has 0 radical (unpaired) electrons. The predicted octanol–water partition coefficient (Wildman–Crippen LogP) is 4.04. The van der Waals surface area contributed by atoms with Crippen LogP contribution < -0.4 is 4.74 Å². The summed E-state index contributed by atoms with van der Waals surface area (Å²) in [6.45, 7) is 2.05. The summed E-state index contributed by atoms with van der Waals surface area (Å²) >= 11 is 3.42. The van der Waals surface area contributed by atoms with Crippen molar-refractivity contribution in [3.05, 3.63) is 63.6 Å². The molecule has 0 heterocycles. The molecule has 2 aromatic carbocycles. The molecule has 2 nitrogen and oxygen atoms in total. The molecule has 2 aromatic rings. The molecule has 0 aliphatic rings. The first-order valence-electron chi connectivity index (χ1n) is 6.17. The van der Waals surface area contributed by atoms with Gasteiger partial charge in [0.15, 0.2) is 0 Å². The fraction of sp³-hybridized carbons (Fsp3) is 0.250. The number of rotatable bonds is 4. The number of aliphatic hydroxyl groups excluding tert-OH is 1. The van der Waals surface area contributed by atoms with Crippen LogP contribution in [-0.2, 0) is 6.42 Å². The molecule has 1 N–H and O–H groups in total. The number of benzene rings is 2. The van der Waals surface area contributed by atoms with Gasteiger partial charge in [-0.1, -0.05) is 45.8 Å². The van der Waals surface area contributed by atoms with E-state index in [4.69, 9.17) is 4.74 Å². The highest BCUT2D eigenvalue weighted by Crippen LogP contribution is 2.30. The minimum absolute atomic E-state index is 0.574. The van der Waals surface area contributed by atoms with Gasteiger partial charge in [0.1, 0.15) is 5.75 Å². The first kappa shape index (κ1) is 14.1. The van der Waals surface area contributed by atoms with Crippen LogP contribution in [0.15, 0.2) is 46.9 Å². The SMILES string of the molecule is COc1ccc(Br)cc1C(O)Cc1ccc(C)cc1. The van der Waals surface area contributed by atoms with Gasteiger partial charge in [-0.15, -0.1) is 0 Å². The number of hydrogen-bond acceptors (Lipinski definition) is 2. The van der Waals surface area contributed by atoms with Gasteiger partial charge in [-0.3, -0.25) is 0 Å². The molecule has 2 rings (SSSR count). The van der Waals surface area contributed by atoms with Crippen molar-refractivity contribution in [3.8, 4) is 5.75 Å². The van der Waals surface area contributed by atoms with Gasteiger partial charge in [0, 0.05) is 16.5 Å². The Morgan fingerprint density at radius 3 is 2.47 bits per heavy atom. The highest BCUT2D eigenvalue weighted by Gasteiger charge is 2.14. The lowest BCUT2D eigenvalue weighted by Crippen LogP contribution is -2.04. The van der Waals surface area contributed by atoms with E-state index in [2.05, 4.69) is 35.0 Å². The van der Waals surface area contributed by atoms with Crippen LogP contribution in [0.5, 0.6) is 5.75 Å². The molecule has 0 bridgehead atoms. The molecule has 0 fully saturated rings. The van der Waals surface area contributed by atoms with Gasteiger partial charge in [0.25, 0.3) is 0 Å². The Balaban J connectivity index is 2.21. The van der Waals surface area contributed by atoms with Crippen LogP contribution in [0.25, 0.3) is 0 Å². The van der Waals surface area contributed by atoms with Crippen molar-refractivity contribution in [1.29, 1.82) is 0 Å². The summed E-state index contributed by atoms with van der Waals surface area (Å²) in [5, 5.41) is 10.4. The average molecular weight is 321 g/mol. The van der Waals surface area contributed by atoms with Gasteiger partial charge >= 0.3 is 0 Å². The molecule has 0 saturated carbocycles. The molecule has 0 amide bonds. The Hall–Kier alpha value is -1.32. The molecular weight excluding hydrogens is 304 g/mol. The maximum atomic E-state index is 10.4. The number of hydrogen-bond donors (Lipinski definition) is 1. The molecule has 0 aliphatic carbocycles. The van der Waals surface area contributed by atoms with E-state index in [-0.39, 0.29) is 0 Å². The molecule has 0 aromatic heterocycles. The highest BCUT2D eigenvalue weighted by molar-refractivity contribution is 9.10. The lowest BCUT2D eigenvalue weighted by Gasteiger charge is -2.15. The summed E-state index contributed by atoms with van der Waals surface area (Å²) in [7, 11) is 1.62. The summed E-state index contributed by atoms with van der Waals surface area (Å²) in [4.78, 5) is 0. The van der Waals surface area contributed by atoms with E-state index in [0.717, 1.165) is 15.6 Å². The van der Waals surface area contributed by atoms with Crippen molar-refractivity contribution < 1.29 is 9.84 Å². The third kappa shape index (κ3) is 3.58. The zero-order valence-electron chi connectivity index (χ0n) is 11.1. The molecule has 0 spiro atoms. The molecule has 1 atom stereocenters. The van der Waals surface area contributed by atoms with Gasteiger partial charge in [-0.2, -0.15) is 0 Å². The normalized spacial score (nSPS) is 12.2. The second-order valence-electron chi connectivity index (χ2n) is 4.59. The Morgan fingerprint density at radius 1 is 1.16 bits per heavy atom. The lowest BCUT2D eigenvalue weighted by molar-refractivity contribution is 0.174. The molecule has 100 valence electrons. The fourth-order valence-corrected chi connectivity index (χ4v) is 2.40. The number of halogens is 1. The van der Waals surface area contributed by atoms with Crippen molar-refractivity contribution in [3.63, 3.8) is 0 Å². The van der Waals surface area contributed by atoms with Gasteiger partial charge < -0.3 is 9.84 Å². The Bertz CT molecular complexity index is 549. The van der Waals surface area contributed by atoms with Crippen molar-refractivity contribution in [2.75, 3.05) is 7.11 Å². The standard InChI is InChI=1S/C16H17BrO2/c1-11-3-5-12(6-4-11)9-15(18)14-10-13(17)7-8-16(14)19-2/h3-8,10,15,18H,9H2,1-2H3. The zero-order valence-corrected chi connectivity index (χ0v) is 12.6. The van der Waals surface area contributed by atoms with E-state index in [1.54, 1.807) is 7.11 Å². The van der Waals surface area contributed by atoms with Crippen molar-refractivity contribution in [2.45, 2.75) is 19.4 Å². The van der Waals surface area contributed by atoms with Gasteiger partial charge in [-0.25, -0.2) is 0 Å². The Morgan fingerprint density at radius 2 is 1.84 bits per heavy atom. The number of methoxy groups -OCH3 is 1. The molecule has 0 aliphatic heterocycles. The maximum absolute atomic E-state index is 10.4. The quantitative estimate of drug-likeness (QED) is 0.921. The molecular formula is C16H17BrO2. The molecule has 19 heavy (non-hydrogen) atoms. The van der Waals surface area contributed by atoms with E-state index >= 15 is 0 Å². The maximum Gasteiger partial charge on any atom is 0.124 e. The van der Waals surface area contributed by atoms with E-state index in [1.165, 1.54) is 5.56 Å². The van der Waals surface area contributed by atoms with Crippen molar-refractivity contribution in [1.82, 2.24) is 0 Å². The molecule has 0 saturated heterocycles. The fourth-order valence-electron chi connectivity index (χ4n) is 2.02. The van der Waals surface area contributed by atoms with Crippen LogP contribution >= 0.6 is 15.9 Å². The third-order valence-corrected chi connectivity index (χ3v) is 3.59. The second kappa shape index (κ2) is 6.22. The summed E-state index contributed by atoms with van der Waals surface area (Å²) < 4.78 is 6.23. The minimum Gasteiger partial charge on any atom is -0.496 e. The largest absolute Gasteiger partial charge is 0.496 e. The first-order valence-corrected chi connectivity index (χ1v) is 6.96. The average Bonchev–Trinajstić information content (AvgIpc) is 2.41. The zero-order chi connectivity index (χ0) is 13.8. The third-order valence-electron chi connectivity index (χ3n) is 3.10. The number of ether oxygens (including phenoxy) is 1. The minimum atomic E-state index is -0.574. The molecule has 1 unspecified atom stereocenters. The summed E-state index contributed by atoms with van der Waals surface area (Å²) in [6, 6.07) is 13.9. The predicted molar refractivity (Wildman–Crippen MR) is 80.5 cm³/mol. The van der Waals surface area contributed by atoms with Gasteiger partial charge in [0.05, 0.1) is 13.2 Å². The summed E-state index contributed by atoms with van der Waals surface area (Å²) in [5.74, 6) is 0.711. The topological polar surface area (TPSA) is 29.5 Å². The molecule has 3 heteroatoms. The summed E-state index contributed by atoms with van der Waals surface area (Å²) in [6.07, 6.45) is 0.00255. The van der Waals surface area contributed by atoms with Crippen LogP contribution in [0.4, 0.5) is 0 Å². The van der Waals surface area contributed by atoms with E-state index in [1.807, 2.05) is 30.3 Å². The van der Waals surface area contributed by atoms with Crippen molar-refractivity contribution >= 4 is 15.9 Å². The van der Waals surface area contributed by atoms with Gasteiger partial charge in [0.2, 0.25) is 0 Å². The number of aryl methyl sites for hydroxylation is 1. The first-order chi connectivity index (χ1) is 9.10. The van der Waals surface area contributed by atoms with E-state index in [0.29, 0.717) is 12.2 Å². The van der Waals surface area contributed by atoms with Crippen LogP contribution in [0, 0.1) is 6.92 Å². The lowest BCUT2D eigenvalue weighted by atomic mass is 10.00. The van der Waals surface area contributed by atoms with Gasteiger partial charge in [-0.05, 0) is 30.7 Å². The van der Waals surface area contributed by atoms with Crippen LogP contribution in [0.3, 0.4) is 0 Å². The number of aliphatic hydroxyl groups is 1. The van der Waals surface area contributed by atoms with E-state index < -0.39 is 6.10 Å². The summed E-state index contributed by atoms with van der Waals surface area (Å²) in [5.41, 5.74) is 3.14. The van der Waals surface area contributed by atoms with Crippen LogP contribution in [-0.4, -0.2) is 12.2 Å². The van der Waals surface area contributed by atoms with E-state index in [9.17, 15) is 5.11 Å². The van der Waals surface area contributed by atoms with Crippen molar-refractivity contribution in [2.24, 2.45) is 0 Å².